The molecule has 2 unspecified atom stereocenters. The predicted octanol–water partition coefficient (Wildman–Crippen LogP) is 1.81. The van der Waals surface area contributed by atoms with Gasteiger partial charge in [0.2, 0.25) is 0 Å². The van der Waals surface area contributed by atoms with Crippen molar-refractivity contribution in [3.63, 3.8) is 0 Å². The van der Waals surface area contributed by atoms with Gasteiger partial charge in [-0.3, -0.25) is 9.48 Å². The number of carbonyl (C=O) groups excluding carboxylic acids is 1. The van der Waals surface area contributed by atoms with Crippen molar-refractivity contribution in [2.45, 2.75) is 31.8 Å². The molecular weight excluding hydrogens is 308 g/mol. The maximum atomic E-state index is 12.5. The van der Waals surface area contributed by atoms with Gasteiger partial charge in [-0.05, 0) is 32.4 Å². The number of nitrogens with zero attached hydrogens (tertiary/aromatic N) is 3. The third-order valence-corrected chi connectivity index (χ3v) is 5.29. The van der Waals surface area contributed by atoms with E-state index in [9.17, 15) is 4.79 Å². The summed E-state index contributed by atoms with van der Waals surface area (Å²) in [7, 11) is 0. The van der Waals surface area contributed by atoms with Crippen LogP contribution in [0.25, 0.3) is 0 Å². The molecule has 21 heavy (non-hydrogen) atoms. The molecule has 0 aliphatic carbocycles. The second-order valence-corrected chi connectivity index (χ2v) is 6.75. The molecule has 0 spiro atoms. The Labute approximate surface area is 136 Å². The van der Waals surface area contributed by atoms with Gasteiger partial charge in [-0.15, -0.1) is 12.4 Å². The summed E-state index contributed by atoms with van der Waals surface area (Å²) in [5, 5.41) is 7.91. The highest BCUT2D eigenvalue weighted by molar-refractivity contribution is 7.99. The monoisotopic (exact) mass is 330 g/mol. The Morgan fingerprint density at radius 2 is 2.38 bits per heavy atom. The second kappa shape index (κ2) is 7.51. The normalized spacial score (nSPS) is 26.2. The summed E-state index contributed by atoms with van der Waals surface area (Å²) < 4.78 is 1.96. The molecule has 7 heteroatoms. The van der Waals surface area contributed by atoms with Crippen molar-refractivity contribution in [2.75, 3.05) is 31.1 Å². The molecule has 118 valence electrons. The Morgan fingerprint density at radius 3 is 3.10 bits per heavy atom. The minimum Gasteiger partial charge on any atom is -0.333 e. The van der Waals surface area contributed by atoms with Crippen molar-refractivity contribution >= 4 is 30.1 Å². The molecule has 1 N–H and O–H groups in total. The van der Waals surface area contributed by atoms with E-state index in [1.165, 1.54) is 6.42 Å². The highest BCUT2D eigenvalue weighted by Crippen LogP contribution is 2.20. The predicted molar refractivity (Wildman–Crippen MR) is 88.4 cm³/mol. The van der Waals surface area contributed by atoms with Gasteiger partial charge in [0.05, 0.1) is 6.04 Å². The van der Waals surface area contributed by atoms with E-state index in [-0.39, 0.29) is 18.3 Å². The van der Waals surface area contributed by atoms with Crippen molar-refractivity contribution in [2.24, 2.45) is 0 Å². The van der Waals surface area contributed by atoms with Crippen molar-refractivity contribution in [3.8, 4) is 0 Å². The van der Waals surface area contributed by atoms with Crippen LogP contribution in [0.2, 0.25) is 0 Å². The number of halogens is 1. The Balaban J connectivity index is 0.00000161. The van der Waals surface area contributed by atoms with E-state index < -0.39 is 0 Å². The van der Waals surface area contributed by atoms with E-state index in [4.69, 9.17) is 0 Å². The average Bonchev–Trinajstić information content (AvgIpc) is 2.98. The molecule has 2 saturated heterocycles. The molecule has 2 aliphatic heterocycles. The maximum Gasteiger partial charge on any atom is 0.274 e. The van der Waals surface area contributed by atoms with Gasteiger partial charge < -0.3 is 10.2 Å². The van der Waals surface area contributed by atoms with Crippen molar-refractivity contribution in [1.29, 1.82) is 0 Å². The summed E-state index contributed by atoms with van der Waals surface area (Å²) in [5.74, 6) is 2.14. The van der Waals surface area contributed by atoms with Crippen molar-refractivity contribution < 1.29 is 4.79 Å². The number of hydrogen-bond donors (Lipinski definition) is 1. The van der Waals surface area contributed by atoms with Gasteiger partial charge in [0, 0.05) is 36.8 Å². The van der Waals surface area contributed by atoms with Crippen LogP contribution in [0.5, 0.6) is 0 Å². The lowest BCUT2D eigenvalue weighted by Crippen LogP contribution is -2.44. The lowest BCUT2D eigenvalue weighted by atomic mass is 10.1. The third kappa shape index (κ3) is 3.73. The highest BCUT2D eigenvalue weighted by Gasteiger charge is 2.26. The van der Waals surface area contributed by atoms with E-state index in [0.29, 0.717) is 17.8 Å². The molecule has 3 heterocycles. The van der Waals surface area contributed by atoms with Crippen LogP contribution in [-0.2, 0) is 0 Å². The van der Waals surface area contributed by atoms with Gasteiger partial charge in [-0.25, -0.2) is 0 Å². The summed E-state index contributed by atoms with van der Waals surface area (Å²) in [4.78, 5) is 14.5. The van der Waals surface area contributed by atoms with Gasteiger partial charge in [-0.2, -0.15) is 16.9 Å². The Morgan fingerprint density at radius 1 is 1.52 bits per heavy atom. The molecule has 2 fully saturated rings. The fourth-order valence-electron chi connectivity index (χ4n) is 2.89. The van der Waals surface area contributed by atoms with E-state index in [0.717, 1.165) is 37.6 Å². The van der Waals surface area contributed by atoms with E-state index in [1.807, 2.05) is 33.6 Å². The number of rotatable bonds is 2. The summed E-state index contributed by atoms with van der Waals surface area (Å²) in [6, 6.07) is 2.56. The first kappa shape index (κ1) is 16.6. The lowest BCUT2D eigenvalue weighted by Gasteiger charge is -2.32. The summed E-state index contributed by atoms with van der Waals surface area (Å²) in [5.41, 5.74) is 0.592. The van der Waals surface area contributed by atoms with Gasteiger partial charge in [0.15, 0.2) is 0 Å². The standard InChI is InChI=1S/C14H22N4OS.ClH/c1-11-10-20-8-7-17(11)14(19)13-4-6-18(16-13)12-3-2-5-15-9-12;/h4,6,11-12,15H,2-3,5,7-10H2,1H3;1H. The van der Waals surface area contributed by atoms with Crippen LogP contribution in [0.15, 0.2) is 12.3 Å². The van der Waals surface area contributed by atoms with Crippen LogP contribution in [-0.4, -0.2) is 57.8 Å². The number of aromatic nitrogens is 2. The van der Waals surface area contributed by atoms with Crippen LogP contribution in [0, 0.1) is 0 Å². The number of amides is 1. The van der Waals surface area contributed by atoms with Gasteiger partial charge in [-0.1, -0.05) is 0 Å². The second-order valence-electron chi connectivity index (χ2n) is 5.60. The quantitative estimate of drug-likeness (QED) is 0.898. The first-order chi connectivity index (χ1) is 9.75. The van der Waals surface area contributed by atoms with E-state index in [2.05, 4.69) is 17.3 Å². The van der Waals surface area contributed by atoms with Crippen molar-refractivity contribution in [1.82, 2.24) is 20.0 Å². The Kier molecular flexibility index (Phi) is 5.96. The number of nitrogens with one attached hydrogen (secondary N) is 1. The van der Waals surface area contributed by atoms with Gasteiger partial charge >= 0.3 is 0 Å². The number of carbonyl (C=O) groups is 1. The molecular formula is C14H23ClN4OS. The van der Waals surface area contributed by atoms with E-state index >= 15 is 0 Å². The fourth-order valence-corrected chi connectivity index (χ4v) is 3.90. The molecule has 0 saturated carbocycles. The number of thioether (sulfide) groups is 1. The summed E-state index contributed by atoms with van der Waals surface area (Å²) >= 11 is 1.92. The first-order valence-electron chi connectivity index (χ1n) is 7.40. The molecule has 1 aromatic rings. The molecule has 1 aromatic heterocycles. The van der Waals surface area contributed by atoms with E-state index in [1.54, 1.807) is 0 Å². The first-order valence-corrected chi connectivity index (χ1v) is 8.56. The SMILES string of the molecule is CC1CSCCN1C(=O)c1ccn(C2CCCNC2)n1.Cl. The molecule has 5 nitrogen and oxygen atoms in total. The van der Waals surface area contributed by atoms with Crippen LogP contribution < -0.4 is 5.32 Å². The number of hydrogen-bond acceptors (Lipinski definition) is 4. The highest BCUT2D eigenvalue weighted by atomic mass is 35.5. The Bertz CT molecular complexity index is 475. The molecule has 2 atom stereocenters. The zero-order valence-electron chi connectivity index (χ0n) is 12.3. The van der Waals surface area contributed by atoms with Gasteiger partial charge in [0.25, 0.3) is 5.91 Å². The summed E-state index contributed by atoms with van der Waals surface area (Å²) in [6.45, 7) is 4.99. The van der Waals surface area contributed by atoms with Crippen LogP contribution in [0.1, 0.15) is 36.3 Å². The molecule has 0 bridgehead atoms. The average molecular weight is 331 g/mol. The molecule has 1 amide bonds. The van der Waals surface area contributed by atoms with Crippen LogP contribution in [0.4, 0.5) is 0 Å². The molecule has 0 radical (unpaired) electrons. The molecule has 0 aromatic carbocycles. The van der Waals surface area contributed by atoms with Crippen LogP contribution >= 0.6 is 24.2 Å². The zero-order valence-corrected chi connectivity index (χ0v) is 14.0. The minimum atomic E-state index is 0. The fraction of sp³-hybridized carbons (Fsp3) is 0.714. The smallest absolute Gasteiger partial charge is 0.274 e. The minimum absolute atomic E-state index is 0. The lowest BCUT2D eigenvalue weighted by molar-refractivity contribution is 0.0708. The number of piperidine rings is 1. The summed E-state index contributed by atoms with van der Waals surface area (Å²) in [6.07, 6.45) is 4.27. The molecule has 2 aliphatic rings. The van der Waals surface area contributed by atoms with Crippen LogP contribution in [0.3, 0.4) is 0 Å². The van der Waals surface area contributed by atoms with Gasteiger partial charge in [0.1, 0.15) is 5.69 Å². The Hall–Kier alpha value is -0.720. The topological polar surface area (TPSA) is 50.2 Å². The van der Waals surface area contributed by atoms with Crippen molar-refractivity contribution in [3.05, 3.63) is 18.0 Å². The zero-order chi connectivity index (χ0) is 13.9. The largest absolute Gasteiger partial charge is 0.333 e. The molecule has 3 rings (SSSR count). The third-order valence-electron chi connectivity index (χ3n) is 4.10. The maximum absolute atomic E-state index is 12.5.